The Kier molecular flexibility index (Phi) is 4.61. The first kappa shape index (κ1) is 14.5. The molecule has 0 spiro atoms. The smallest absolute Gasteiger partial charge is 0.204 e. The molecule has 0 fully saturated rings. The maximum Gasteiger partial charge on any atom is 0.389 e. The summed E-state index contributed by atoms with van der Waals surface area (Å²) in [5, 5.41) is -1.30. The molecule has 0 radical (unpaired) electrons. The molecule has 0 N–H and O–H groups in total. The SMILES string of the molecule is Fc1cc(Cl)c(C(Cl)CCC(F)(F)F)cc1F. The molecule has 0 aliphatic rings. The van der Waals surface area contributed by atoms with Crippen LogP contribution in [0.3, 0.4) is 0 Å². The summed E-state index contributed by atoms with van der Waals surface area (Å²) in [4.78, 5) is 0. The molecule has 17 heavy (non-hydrogen) atoms. The third kappa shape index (κ3) is 4.32. The van der Waals surface area contributed by atoms with E-state index in [1.807, 2.05) is 0 Å². The lowest BCUT2D eigenvalue weighted by atomic mass is 10.1. The van der Waals surface area contributed by atoms with E-state index in [2.05, 4.69) is 0 Å². The van der Waals surface area contributed by atoms with Crippen molar-refractivity contribution in [3.63, 3.8) is 0 Å². The highest BCUT2D eigenvalue weighted by atomic mass is 35.5. The largest absolute Gasteiger partial charge is 0.389 e. The number of hydrogen-bond acceptors (Lipinski definition) is 0. The second kappa shape index (κ2) is 5.40. The van der Waals surface area contributed by atoms with Gasteiger partial charge in [-0.25, -0.2) is 8.78 Å². The van der Waals surface area contributed by atoms with E-state index in [1.54, 1.807) is 0 Å². The van der Waals surface area contributed by atoms with Crippen LogP contribution in [0.15, 0.2) is 12.1 Å². The molecule has 0 heterocycles. The highest BCUT2D eigenvalue weighted by Crippen LogP contribution is 2.35. The fraction of sp³-hybridized carbons (Fsp3) is 0.400. The predicted octanol–water partition coefficient (Wildman–Crippen LogP) is 5.24. The van der Waals surface area contributed by atoms with Crippen LogP contribution < -0.4 is 0 Å². The summed E-state index contributed by atoms with van der Waals surface area (Å²) in [6, 6.07) is 1.40. The van der Waals surface area contributed by atoms with Crippen molar-refractivity contribution in [3.05, 3.63) is 34.4 Å². The van der Waals surface area contributed by atoms with Crippen molar-refractivity contribution in [2.45, 2.75) is 24.4 Å². The molecule has 0 bridgehead atoms. The Balaban J connectivity index is 2.82. The summed E-state index contributed by atoms with van der Waals surface area (Å²) < 4.78 is 61.4. The maximum atomic E-state index is 12.9. The number of hydrogen-bond donors (Lipinski definition) is 0. The molecule has 7 heteroatoms. The molecule has 96 valence electrons. The van der Waals surface area contributed by atoms with Crippen molar-refractivity contribution < 1.29 is 22.0 Å². The van der Waals surface area contributed by atoms with E-state index in [1.165, 1.54) is 0 Å². The van der Waals surface area contributed by atoms with Gasteiger partial charge in [-0.15, -0.1) is 11.6 Å². The van der Waals surface area contributed by atoms with Gasteiger partial charge in [0.15, 0.2) is 11.6 Å². The lowest BCUT2D eigenvalue weighted by Crippen LogP contribution is -2.08. The van der Waals surface area contributed by atoms with Crippen LogP contribution in [0, 0.1) is 11.6 Å². The molecule has 0 saturated carbocycles. The minimum absolute atomic E-state index is 0.0449. The van der Waals surface area contributed by atoms with Crippen molar-refractivity contribution in [3.8, 4) is 0 Å². The minimum Gasteiger partial charge on any atom is -0.204 e. The van der Waals surface area contributed by atoms with Crippen LogP contribution in [0.25, 0.3) is 0 Å². The zero-order valence-electron chi connectivity index (χ0n) is 8.29. The Morgan fingerprint density at radius 2 is 1.65 bits per heavy atom. The van der Waals surface area contributed by atoms with Gasteiger partial charge in [0.25, 0.3) is 0 Å². The van der Waals surface area contributed by atoms with Gasteiger partial charge in [-0.05, 0) is 24.1 Å². The Morgan fingerprint density at radius 3 is 2.18 bits per heavy atom. The van der Waals surface area contributed by atoms with Gasteiger partial charge in [0.1, 0.15) is 0 Å². The van der Waals surface area contributed by atoms with Crippen LogP contribution in [0.5, 0.6) is 0 Å². The summed E-state index contributed by atoms with van der Waals surface area (Å²) in [6.45, 7) is 0. The zero-order valence-corrected chi connectivity index (χ0v) is 9.80. The van der Waals surface area contributed by atoms with Crippen molar-refractivity contribution >= 4 is 23.2 Å². The van der Waals surface area contributed by atoms with E-state index in [0.717, 1.165) is 0 Å². The van der Waals surface area contributed by atoms with Gasteiger partial charge in [-0.2, -0.15) is 13.2 Å². The molecule has 0 nitrogen and oxygen atoms in total. The summed E-state index contributed by atoms with van der Waals surface area (Å²) in [5.41, 5.74) is -0.0449. The molecule has 1 unspecified atom stereocenters. The van der Waals surface area contributed by atoms with Gasteiger partial charge >= 0.3 is 6.18 Å². The van der Waals surface area contributed by atoms with E-state index in [9.17, 15) is 22.0 Å². The molecular weight excluding hydrogens is 286 g/mol. The molecular formula is C10H7Cl2F5. The lowest BCUT2D eigenvalue weighted by molar-refractivity contribution is -0.135. The highest BCUT2D eigenvalue weighted by molar-refractivity contribution is 6.32. The quantitative estimate of drug-likeness (QED) is 0.406. The summed E-state index contributed by atoms with van der Waals surface area (Å²) >= 11 is 11.2. The molecule has 1 aromatic rings. The third-order valence-electron chi connectivity index (χ3n) is 2.06. The molecule has 0 amide bonds. The summed E-state index contributed by atoms with van der Waals surface area (Å²) in [5.74, 6) is -2.36. The maximum absolute atomic E-state index is 12.9. The number of rotatable bonds is 3. The minimum atomic E-state index is -4.35. The topological polar surface area (TPSA) is 0 Å². The molecule has 1 aromatic carbocycles. The van der Waals surface area contributed by atoms with E-state index < -0.39 is 36.0 Å². The van der Waals surface area contributed by atoms with Crippen LogP contribution in [0.1, 0.15) is 23.8 Å². The van der Waals surface area contributed by atoms with Crippen molar-refractivity contribution in [2.75, 3.05) is 0 Å². The molecule has 1 atom stereocenters. The van der Waals surface area contributed by atoms with Crippen molar-refractivity contribution in [1.29, 1.82) is 0 Å². The fourth-order valence-corrected chi connectivity index (χ4v) is 1.85. The number of alkyl halides is 4. The van der Waals surface area contributed by atoms with Crippen LogP contribution >= 0.6 is 23.2 Å². The standard InChI is InChI=1S/C10H7Cl2F5/c11-6(1-2-10(15,16)17)5-3-8(13)9(14)4-7(5)12/h3-4,6H,1-2H2. The fourth-order valence-electron chi connectivity index (χ4n) is 1.22. The molecule has 0 aromatic heterocycles. The average molecular weight is 293 g/mol. The van der Waals surface area contributed by atoms with Gasteiger partial charge < -0.3 is 0 Å². The van der Waals surface area contributed by atoms with Gasteiger partial charge in [-0.1, -0.05) is 11.6 Å². The Morgan fingerprint density at radius 1 is 1.12 bits per heavy atom. The van der Waals surface area contributed by atoms with E-state index >= 15 is 0 Å². The monoisotopic (exact) mass is 292 g/mol. The highest BCUT2D eigenvalue weighted by Gasteiger charge is 2.29. The van der Waals surface area contributed by atoms with Crippen LogP contribution in [-0.2, 0) is 0 Å². The molecule has 1 rings (SSSR count). The number of benzene rings is 1. The van der Waals surface area contributed by atoms with Crippen LogP contribution in [0.4, 0.5) is 22.0 Å². The second-order valence-corrected chi connectivity index (χ2v) is 4.34. The summed E-state index contributed by atoms with van der Waals surface area (Å²) in [7, 11) is 0. The van der Waals surface area contributed by atoms with Crippen molar-refractivity contribution in [1.82, 2.24) is 0 Å². The number of halogens is 7. The molecule has 0 saturated heterocycles. The van der Waals surface area contributed by atoms with Gasteiger partial charge in [0.05, 0.1) is 5.38 Å². The van der Waals surface area contributed by atoms with Gasteiger partial charge in [-0.3, -0.25) is 0 Å². The molecule has 0 aliphatic carbocycles. The normalized spacial score (nSPS) is 13.8. The van der Waals surface area contributed by atoms with Crippen LogP contribution in [-0.4, -0.2) is 6.18 Å². The van der Waals surface area contributed by atoms with Crippen molar-refractivity contribution in [2.24, 2.45) is 0 Å². The first-order valence-corrected chi connectivity index (χ1v) is 5.37. The Bertz CT molecular complexity index is 402. The Hall–Kier alpha value is -0.550. The first-order valence-electron chi connectivity index (χ1n) is 4.56. The third-order valence-corrected chi connectivity index (χ3v) is 2.84. The van der Waals surface area contributed by atoms with Gasteiger partial charge in [0, 0.05) is 11.4 Å². The van der Waals surface area contributed by atoms with Crippen LogP contribution in [0.2, 0.25) is 5.02 Å². The lowest BCUT2D eigenvalue weighted by Gasteiger charge is -2.13. The average Bonchev–Trinajstić information content (AvgIpc) is 2.19. The van der Waals surface area contributed by atoms with E-state index in [4.69, 9.17) is 23.2 Å². The summed E-state index contributed by atoms with van der Waals surface area (Å²) in [6.07, 6.45) is -5.91. The van der Waals surface area contributed by atoms with E-state index in [0.29, 0.717) is 12.1 Å². The van der Waals surface area contributed by atoms with E-state index in [-0.39, 0.29) is 10.6 Å². The molecule has 0 aliphatic heterocycles. The zero-order chi connectivity index (χ0) is 13.2. The Labute approximate surface area is 104 Å². The first-order chi connectivity index (χ1) is 7.70. The second-order valence-electron chi connectivity index (χ2n) is 3.41. The predicted molar refractivity (Wildman–Crippen MR) is 55.3 cm³/mol. The van der Waals surface area contributed by atoms with Gasteiger partial charge in [0.2, 0.25) is 0 Å².